The van der Waals surface area contributed by atoms with Crippen LogP contribution in [0.3, 0.4) is 0 Å². The van der Waals surface area contributed by atoms with Crippen LogP contribution in [0.1, 0.15) is 92.4 Å². The third-order valence-electron chi connectivity index (χ3n) is 11.7. The summed E-state index contributed by atoms with van der Waals surface area (Å²) < 4.78 is 52.7. The molecule has 224 valence electrons. The minimum Gasteiger partial charge on any atom is -0.390 e. The van der Waals surface area contributed by atoms with Gasteiger partial charge in [0.1, 0.15) is 5.60 Å². The number of fused-ring (bicyclic) bond motifs is 5. The smallest absolute Gasteiger partial charge is 0.390 e. The van der Waals surface area contributed by atoms with Gasteiger partial charge in [-0.25, -0.2) is 0 Å². The lowest BCUT2D eigenvalue weighted by Crippen LogP contribution is -2.61. The number of allylic oxidation sites excluding steroid dienone is 1. The second-order valence-electron chi connectivity index (χ2n) is 14.5. The minimum atomic E-state index is -5.19. The Bertz CT molecular complexity index is 1010. The van der Waals surface area contributed by atoms with Crippen LogP contribution < -0.4 is 0 Å². The average molecular weight is 563 g/mol. The fourth-order valence-electron chi connectivity index (χ4n) is 9.38. The quantitative estimate of drug-likeness (QED) is 0.329. The zero-order chi connectivity index (χ0) is 29.0. The van der Waals surface area contributed by atoms with Crippen molar-refractivity contribution in [1.29, 1.82) is 0 Å². The molecule has 5 rings (SSSR count). The molecule has 1 saturated heterocycles. The first kappa shape index (κ1) is 29.7. The highest BCUT2D eigenvalue weighted by molar-refractivity contribution is 5.36. The van der Waals surface area contributed by atoms with Gasteiger partial charge >= 0.3 is 12.1 Å². The van der Waals surface area contributed by atoms with E-state index in [4.69, 9.17) is 9.47 Å². The molecule has 0 spiro atoms. The molecular formula is C29H45F3O7. The highest BCUT2D eigenvalue weighted by Gasteiger charge is 2.75. The van der Waals surface area contributed by atoms with E-state index in [1.54, 1.807) is 20.8 Å². The molecule has 0 amide bonds. The van der Waals surface area contributed by atoms with Gasteiger partial charge in [0.05, 0.1) is 29.5 Å². The molecule has 1 heterocycles. The van der Waals surface area contributed by atoms with Crippen molar-refractivity contribution in [3.63, 3.8) is 0 Å². The molecule has 1 aliphatic heterocycles. The van der Waals surface area contributed by atoms with Crippen molar-refractivity contribution in [3.05, 3.63) is 11.6 Å². The molecule has 4 fully saturated rings. The van der Waals surface area contributed by atoms with Crippen LogP contribution in [-0.4, -0.2) is 72.8 Å². The average Bonchev–Trinajstić information content (AvgIpc) is 3.23. The molecule has 0 bridgehead atoms. The molecular weight excluding hydrogens is 517 g/mol. The van der Waals surface area contributed by atoms with Crippen LogP contribution in [0.4, 0.5) is 13.2 Å². The first-order valence-corrected chi connectivity index (χ1v) is 14.4. The minimum absolute atomic E-state index is 0.0122. The van der Waals surface area contributed by atoms with Gasteiger partial charge in [0, 0.05) is 5.41 Å². The van der Waals surface area contributed by atoms with Crippen LogP contribution in [0.15, 0.2) is 11.6 Å². The van der Waals surface area contributed by atoms with Gasteiger partial charge in [0.25, 0.3) is 0 Å². The van der Waals surface area contributed by atoms with E-state index in [9.17, 15) is 38.7 Å². The predicted octanol–water partition coefficient (Wildman–Crippen LogP) is 3.95. The van der Waals surface area contributed by atoms with Gasteiger partial charge in [0.2, 0.25) is 0 Å². The highest BCUT2D eigenvalue weighted by atomic mass is 19.4. The van der Waals surface area contributed by atoms with E-state index < -0.39 is 58.6 Å². The van der Waals surface area contributed by atoms with E-state index in [0.29, 0.717) is 44.9 Å². The van der Waals surface area contributed by atoms with Gasteiger partial charge in [-0.2, -0.15) is 13.2 Å². The lowest BCUT2D eigenvalue weighted by atomic mass is 9.46. The molecule has 11 atom stereocenters. The van der Waals surface area contributed by atoms with Crippen molar-refractivity contribution in [3.8, 4) is 0 Å². The Morgan fingerprint density at radius 1 is 1.03 bits per heavy atom. The van der Waals surface area contributed by atoms with E-state index in [1.165, 1.54) is 0 Å². The van der Waals surface area contributed by atoms with Crippen molar-refractivity contribution < 1.29 is 48.2 Å². The summed E-state index contributed by atoms with van der Waals surface area (Å²) in [4.78, 5) is 0. The fraction of sp³-hybridized carbons (Fsp3) is 0.931. The highest BCUT2D eigenvalue weighted by Crippen LogP contribution is 2.70. The molecule has 3 saturated carbocycles. The van der Waals surface area contributed by atoms with Crippen LogP contribution >= 0.6 is 0 Å². The van der Waals surface area contributed by atoms with E-state index >= 15 is 0 Å². The molecule has 4 aliphatic carbocycles. The molecule has 5 aliphatic rings. The summed E-state index contributed by atoms with van der Waals surface area (Å²) in [6, 6.07) is 0. The Labute approximate surface area is 228 Å². The third-order valence-corrected chi connectivity index (χ3v) is 11.7. The summed E-state index contributed by atoms with van der Waals surface area (Å²) in [6.07, 6.45) is -2.16. The predicted molar refractivity (Wildman–Crippen MR) is 135 cm³/mol. The van der Waals surface area contributed by atoms with Gasteiger partial charge in [-0.3, -0.25) is 0 Å². The molecule has 39 heavy (non-hydrogen) atoms. The SMILES string of the molecule is CC(C)(O)CC[C@H]1OC(O)(C(F)(F)F)O[C@]1(C)[C@H]1CC[C@@]2(O)C3=CC[C@@H]4C[C@@H](O)[C@@H](O)C[C@]4(C)[C@H]3CC[C@]12C. The van der Waals surface area contributed by atoms with Crippen LogP contribution in [-0.2, 0) is 9.47 Å². The van der Waals surface area contributed by atoms with Crippen molar-refractivity contribution in [2.24, 2.45) is 28.6 Å². The second kappa shape index (κ2) is 8.88. The summed E-state index contributed by atoms with van der Waals surface area (Å²) in [6.45, 7) is 8.73. The van der Waals surface area contributed by atoms with Gasteiger partial charge in [-0.15, -0.1) is 0 Å². The first-order valence-electron chi connectivity index (χ1n) is 14.4. The van der Waals surface area contributed by atoms with Crippen LogP contribution in [0, 0.1) is 28.6 Å². The van der Waals surface area contributed by atoms with Crippen LogP contribution in [0.2, 0.25) is 0 Å². The van der Waals surface area contributed by atoms with Crippen molar-refractivity contribution in [2.75, 3.05) is 0 Å². The van der Waals surface area contributed by atoms with E-state index in [1.807, 2.05) is 6.92 Å². The van der Waals surface area contributed by atoms with Gasteiger partial charge in [0.15, 0.2) is 0 Å². The first-order chi connectivity index (χ1) is 17.7. The molecule has 10 heteroatoms. The topological polar surface area (TPSA) is 120 Å². The number of aliphatic hydroxyl groups excluding tert-OH is 2. The zero-order valence-electron chi connectivity index (χ0n) is 23.6. The monoisotopic (exact) mass is 562 g/mol. The molecule has 0 aromatic heterocycles. The summed E-state index contributed by atoms with van der Waals surface area (Å²) in [7, 11) is 0. The maximum Gasteiger partial charge on any atom is 0.473 e. The number of aliphatic hydroxyl groups is 5. The third kappa shape index (κ3) is 4.26. The summed E-state index contributed by atoms with van der Waals surface area (Å²) >= 11 is 0. The van der Waals surface area contributed by atoms with Crippen molar-refractivity contribution >= 4 is 0 Å². The summed E-state index contributed by atoms with van der Waals surface area (Å²) in [5, 5.41) is 54.1. The molecule has 1 unspecified atom stereocenters. The van der Waals surface area contributed by atoms with Gasteiger partial charge in [-0.05, 0) is 107 Å². The molecule has 0 aromatic rings. The fourth-order valence-corrected chi connectivity index (χ4v) is 9.38. The second-order valence-corrected chi connectivity index (χ2v) is 14.5. The normalized spacial score (nSPS) is 52.2. The Hall–Kier alpha value is -0.750. The summed E-state index contributed by atoms with van der Waals surface area (Å²) in [5.74, 6) is -4.18. The molecule has 0 aromatic carbocycles. The largest absolute Gasteiger partial charge is 0.473 e. The number of rotatable bonds is 4. The maximum absolute atomic E-state index is 14.0. The number of alkyl halides is 3. The Balaban J connectivity index is 1.50. The summed E-state index contributed by atoms with van der Waals surface area (Å²) in [5.41, 5.74) is -4.29. The van der Waals surface area contributed by atoms with Gasteiger partial charge < -0.3 is 35.0 Å². The lowest BCUT2D eigenvalue weighted by molar-refractivity contribution is -0.449. The van der Waals surface area contributed by atoms with E-state index in [2.05, 4.69) is 13.0 Å². The Morgan fingerprint density at radius 3 is 2.31 bits per heavy atom. The Morgan fingerprint density at radius 2 is 1.69 bits per heavy atom. The van der Waals surface area contributed by atoms with E-state index in [0.717, 1.165) is 5.57 Å². The number of ether oxygens (including phenoxy) is 2. The molecule has 5 N–H and O–H groups in total. The Kier molecular flexibility index (Phi) is 6.77. The molecule has 7 nitrogen and oxygen atoms in total. The van der Waals surface area contributed by atoms with Gasteiger partial charge in [-0.1, -0.05) is 19.9 Å². The zero-order valence-corrected chi connectivity index (χ0v) is 23.6. The lowest BCUT2D eigenvalue weighted by Gasteiger charge is -2.61. The molecule has 0 radical (unpaired) electrons. The maximum atomic E-state index is 14.0. The van der Waals surface area contributed by atoms with E-state index in [-0.39, 0.29) is 30.1 Å². The van der Waals surface area contributed by atoms with Crippen molar-refractivity contribution in [1.82, 2.24) is 0 Å². The number of hydrogen-bond donors (Lipinski definition) is 5. The van der Waals surface area contributed by atoms with Crippen LogP contribution in [0.5, 0.6) is 0 Å². The van der Waals surface area contributed by atoms with Crippen molar-refractivity contribution in [2.45, 2.75) is 140 Å². The standard InChI is InChI=1S/C29H45F3O7/c1-23(2,35)11-10-22-26(5,39-29(37,38-22)28(30,31)32)21-9-13-27(36)18-7-6-16-14-19(33)20(34)15-24(16,3)17(18)8-12-25(21,27)4/h7,16-17,19-22,33-37H,6,8-15H2,1-5H3/t16-,17+,19-,20+,21+,22-,24+,25-,26-,27-,29?/m1/s1. The number of halogens is 3. The van der Waals surface area contributed by atoms with Crippen LogP contribution in [0.25, 0.3) is 0 Å². The number of hydrogen-bond acceptors (Lipinski definition) is 7.